The molecule has 1 aromatic carbocycles. The second-order valence-corrected chi connectivity index (χ2v) is 7.67. The highest BCUT2D eigenvalue weighted by atomic mass is 32.1. The fourth-order valence-electron chi connectivity index (χ4n) is 2.68. The van der Waals surface area contributed by atoms with Gasteiger partial charge in [0.2, 0.25) is 0 Å². The zero-order valence-corrected chi connectivity index (χ0v) is 17.0. The predicted octanol–water partition coefficient (Wildman–Crippen LogP) is 4.66. The van der Waals surface area contributed by atoms with Gasteiger partial charge in [-0.2, -0.15) is 0 Å². The molecule has 5 nitrogen and oxygen atoms in total. The molecule has 0 bridgehead atoms. The number of carbonyl (C=O) groups excluding carboxylic acids is 1. The quantitative estimate of drug-likeness (QED) is 0.613. The second kappa shape index (κ2) is 10.2. The molecule has 0 saturated carbocycles. The summed E-state index contributed by atoms with van der Waals surface area (Å²) in [4.78, 5) is 19.5. The number of aromatic nitrogens is 1. The number of carbonyl (C=O) groups is 1. The number of hydrogen-bond acceptors (Lipinski definition) is 4. The minimum atomic E-state index is -0.239. The standard InChI is InChI=1S/C20H27FN4OS/c1-14(2)18-15(3)23-20(27-18)24-19(26)22-11-5-6-12-25(4)13-16-7-9-17(21)10-8-16/h7-10H,1,5-6,11-13H2,2-4H3,(H2,22,23,24,26). The Hall–Kier alpha value is -2.25. The average Bonchev–Trinajstić information content (AvgIpc) is 2.97. The van der Waals surface area contributed by atoms with Crippen molar-refractivity contribution in [2.24, 2.45) is 0 Å². The zero-order chi connectivity index (χ0) is 19.8. The Morgan fingerprint density at radius 2 is 2.00 bits per heavy atom. The van der Waals surface area contributed by atoms with E-state index in [1.54, 1.807) is 12.1 Å². The summed E-state index contributed by atoms with van der Waals surface area (Å²) in [6.07, 6.45) is 1.85. The normalized spacial score (nSPS) is 10.9. The molecular formula is C20H27FN4OS. The number of halogens is 1. The number of allylic oxidation sites excluding steroid dienone is 1. The molecule has 2 rings (SSSR count). The lowest BCUT2D eigenvalue weighted by molar-refractivity contribution is 0.251. The van der Waals surface area contributed by atoms with E-state index in [0.29, 0.717) is 11.7 Å². The highest BCUT2D eigenvalue weighted by Crippen LogP contribution is 2.27. The van der Waals surface area contributed by atoms with Gasteiger partial charge in [0.25, 0.3) is 0 Å². The van der Waals surface area contributed by atoms with Crippen molar-refractivity contribution >= 4 is 28.1 Å². The van der Waals surface area contributed by atoms with Gasteiger partial charge in [-0.3, -0.25) is 5.32 Å². The Balaban J connectivity index is 1.62. The van der Waals surface area contributed by atoms with Crippen LogP contribution in [0.5, 0.6) is 0 Å². The van der Waals surface area contributed by atoms with Crippen LogP contribution < -0.4 is 10.6 Å². The molecule has 0 fully saturated rings. The number of nitrogens with one attached hydrogen (secondary N) is 2. The molecule has 0 aliphatic heterocycles. The molecule has 0 radical (unpaired) electrons. The van der Waals surface area contributed by atoms with Gasteiger partial charge < -0.3 is 10.2 Å². The van der Waals surface area contributed by atoms with Crippen LogP contribution in [0.2, 0.25) is 0 Å². The molecule has 0 saturated heterocycles. The van der Waals surface area contributed by atoms with Crippen LogP contribution in [0, 0.1) is 12.7 Å². The number of urea groups is 1. The lowest BCUT2D eigenvalue weighted by Crippen LogP contribution is -2.30. The first-order valence-electron chi connectivity index (χ1n) is 8.96. The molecule has 7 heteroatoms. The molecule has 0 aliphatic rings. The molecule has 1 aromatic heterocycles. The van der Waals surface area contributed by atoms with Crippen molar-refractivity contribution in [3.63, 3.8) is 0 Å². The second-order valence-electron chi connectivity index (χ2n) is 6.67. The highest BCUT2D eigenvalue weighted by Gasteiger charge is 2.10. The molecule has 2 aromatic rings. The number of hydrogen-bond donors (Lipinski definition) is 2. The molecule has 1 heterocycles. The fraction of sp³-hybridized carbons (Fsp3) is 0.400. The first-order valence-corrected chi connectivity index (χ1v) is 9.78. The van der Waals surface area contributed by atoms with Crippen LogP contribution in [0.3, 0.4) is 0 Å². The van der Waals surface area contributed by atoms with Gasteiger partial charge in [-0.05, 0) is 63.6 Å². The highest BCUT2D eigenvalue weighted by molar-refractivity contribution is 7.16. The minimum Gasteiger partial charge on any atom is -0.338 e. The maximum Gasteiger partial charge on any atom is 0.321 e. The van der Waals surface area contributed by atoms with Crippen LogP contribution in [0.25, 0.3) is 5.57 Å². The van der Waals surface area contributed by atoms with E-state index in [4.69, 9.17) is 0 Å². The molecule has 0 aliphatic carbocycles. The van der Waals surface area contributed by atoms with E-state index in [1.165, 1.54) is 23.5 Å². The van der Waals surface area contributed by atoms with Crippen LogP contribution >= 0.6 is 11.3 Å². The Bertz CT molecular complexity index is 773. The SMILES string of the molecule is C=C(C)c1sc(NC(=O)NCCCCN(C)Cc2ccc(F)cc2)nc1C. The number of amides is 2. The number of benzene rings is 1. The van der Waals surface area contributed by atoms with Crippen LogP contribution in [-0.4, -0.2) is 36.1 Å². The molecule has 0 unspecified atom stereocenters. The zero-order valence-electron chi connectivity index (χ0n) is 16.1. The fourth-order valence-corrected chi connectivity index (χ4v) is 3.56. The van der Waals surface area contributed by atoms with Crippen molar-refractivity contribution in [1.29, 1.82) is 0 Å². The van der Waals surface area contributed by atoms with Gasteiger partial charge in [0.15, 0.2) is 5.13 Å². The third-order valence-corrected chi connectivity index (χ3v) is 5.26. The van der Waals surface area contributed by atoms with Gasteiger partial charge in [0, 0.05) is 13.1 Å². The molecular weight excluding hydrogens is 363 g/mol. The van der Waals surface area contributed by atoms with Crippen LogP contribution in [0.15, 0.2) is 30.8 Å². The van der Waals surface area contributed by atoms with E-state index < -0.39 is 0 Å². The summed E-state index contributed by atoms with van der Waals surface area (Å²) in [6, 6.07) is 6.33. The summed E-state index contributed by atoms with van der Waals surface area (Å²) in [7, 11) is 2.04. The third-order valence-electron chi connectivity index (χ3n) is 4.02. The smallest absolute Gasteiger partial charge is 0.321 e. The van der Waals surface area contributed by atoms with Gasteiger partial charge in [-0.15, -0.1) is 0 Å². The third kappa shape index (κ3) is 7.11. The van der Waals surface area contributed by atoms with Gasteiger partial charge in [0.1, 0.15) is 5.82 Å². The van der Waals surface area contributed by atoms with E-state index in [0.717, 1.165) is 47.6 Å². The molecule has 27 heavy (non-hydrogen) atoms. The van der Waals surface area contributed by atoms with E-state index in [9.17, 15) is 9.18 Å². The Morgan fingerprint density at radius 3 is 2.63 bits per heavy atom. The number of thiazole rings is 1. The summed E-state index contributed by atoms with van der Waals surface area (Å²) in [5.74, 6) is -0.213. The van der Waals surface area contributed by atoms with Crippen molar-refractivity contribution in [2.75, 3.05) is 25.5 Å². The van der Waals surface area contributed by atoms with Crippen LogP contribution in [-0.2, 0) is 6.54 Å². The van der Waals surface area contributed by atoms with Crippen molar-refractivity contribution < 1.29 is 9.18 Å². The Kier molecular flexibility index (Phi) is 7.94. The monoisotopic (exact) mass is 390 g/mol. The number of aryl methyl sites for hydroxylation is 1. The Labute approximate surface area is 164 Å². The summed E-state index contributed by atoms with van der Waals surface area (Å²) in [5.41, 5.74) is 2.92. The van der Waals surface area contributed by atoms with Crippen molar-refractivity contribution in [3.05, 3.63) is 52.8 Å². The van der Waals surface area contributed by atoms with E-state index in [1.807, 2.05) is 20.9 Å². The number of anilines is 1. The largest absolute Gasteiger partial charge is 0.338 e. The van der Waals surface area contributed by atoms with Crippen molar-refractivity contribution in [2.45, 2.75) is 33.2 Å². The maximum atomic E-state index is 12.9. The van der Waals surface area contributed by atoms with E-state index in [-0.39, 0.29) is 11.8 Å². The molecule has 2 amide bonds. The maximum absolute atomic E-state index is 12.9. The number of rotatable bonds is 9. The van der Waals surface area contributed by atoms with Crippen LogP contribution in [0.4, 0.5) is 14.3 Å². The topological polar surface area (TPSA) is 57.3 Å². The van der Waals surface area contributed by atoms with Crippen LogP contribution in [0.1, 0.15) is 35.9 Å². The predicted molar refractivity (Wildman–Crippen MR) is 111 cm³/mol. The van der Waals surface area contributed by atoms with Crippen molar-refractivity contribution in [3.8, 4) is 0 Å². The minimum absolute atomic E-state index is 0.213. The molecule has 0 atom stereocenters. The van der Waals surface area contributed by atoms with Gasteiger partial charge in [-0.25, -0.2) is 14.2 Å². The molecule has 146 valence electrons. The lowest BCUT2D eigenvalue weighted by Gasteiger charge is -2.16. The van der Waals surface area contributed by atoms with Gasteiger partial charge in [-0.1, -0.05) is 30.0 Å². The summed E-state index contributed by atoms with van der Waals surface area (Å²) >= 11 is 1.43. The van der Waals surface area contributed by atoms with Crippen molar-refractivity contribution in [1.82, 2.24) is 15.2 Å². The first kappa shape index (κ1) is 21.1. The Morgan fingerprint density at radius 1 is 1.30 bits per heavy atom. The number of nitrogens with zero attached hydrogens (tertiary/aromatic N) is 2. The molecule has 0 spiro atoms. The summed E-state index contributed by atoms with van der Waals surface area (Å²) in [6.45, 7) is 10.0. The van der Waals surface area contributed by atoms with Gasteiger partial charge >= 0.3 is 6.03 Å². The van der Waals surface area contributed by atoms with Gasteiger partial charge in [0.05, 0.1) is 10.6 Å². The summed E-state index contributed by atoms with van der Waals surface area (Å²) < 4.78 is 12.9. The van der Waals surface area contributed by atoms with E-state index in [2.05, 4.69) is 27.1 Å². The molecule has 2 N–H and O–H groups in total. The van der Waals surface area contributed by atoms with E-state index >= 15 is 0 Å². The number of unbranched alkanes of at least 4 members (excludes halogenated alkanes) is 1. The lowest BCUT2D eigenvalue weighted by atomic mass is 10.2. The first-order chi connectivity index (χ1) is 12.8. The average molecular weight is 391 g/mol. The summed E-state index contributed by atoms with van der Waals surface area (Å²) in [5, 5.41) is 6.21.